The van der Waals surface area contributed by atoms with E-state index < -0.39 is 0 Å². The molecule has 2 atom stereocenters. The Morgan fingerprint density at radius 1 is 1.11 bits per heavy atom. The highest BCUT2D eigenvalue weighted by molar-refractivity contribution is 5.43. The zero-order valence-electron chi connectivity index (χ0n) is 12.6. The molecule has 0 bridgehead atoms. The van der Waals surface area contributed by atoms with E-state index in [9.17, 15) is 0 Å². The van der Waals surface area contributed by atoms with Crippen LogP contribution in [0.3, 0.4) is 0 Å². The van der Waals surface area contributed by atoms with Crippen LogP contribution in [0, 0.1) is 17.8 Å². The van der Waals surface area contributed by atoms with Gasteiger partial charge in [0.15, 0.2) is 0 Å². The number of ether oxygens (including phenoxy) is 2. The first-order chi connectivity index (χ1) is 9.13. The van der Waals surface area contributed by atoms with Crippen molar-refractivity contribution in [1.82, 2.24) is 0 Å². The van der Waals surface area contributed by atoms with Gasteiger partial charge in [0.1, 0.15) is 11.5 Å². The summed E-state index contributed by atoms with van der Waals surface area (Å²) in [5, 5.41) is 0. The van der Waals surface area contributed by atoms with Crippen molar-refractivity contribution in [3.63, 3.8) is 0 Å². The van der Waals surface area contributed by atoms with Gasteiger partial charge in [-0.1, -0.05) is 19.8 Å². The molecule has 0 saturated heterocycles. The third-order valence-electron chi connectivity index (χ3n) is 3.20. The second-order valence-electron chi connectivity index (χ2n) is 4.54. The van der Waals surface area contributed by atoms with Crippen molar-refractivity contribution in [3.05, 3.63) is 23.8 Å². The maximum Gasteiger partial charge on any atom is 0.123 e. The number of benzene rings is 1. The van der Waals surface area contributed by atoms with E-state index in [4.69, 9.17) is 9.47 Å². The molecule has 0 aromatic heterocycles. The molecule has 0 aliphatic carbocycles. The Kier molecular flexibility index (Phi) is 6.29. The molecule has 0 heterocycles. The van der Waals surface area contributed by atoms with Gasteiger partial charge in [-0.2, -0.15) is 0 Å². The molecule has 1 rings (SSSR count). The average Bonchev–Trinajstić information content (AvgIpc) is 2.40. The zero-order chi connectivity index (χ0) is 14.3. The maximum atomic E-state index is 5.72. The van der Waals surface area contributed by atoms with Gasteiger partial charge < -0.3 is 9.47 Å². The predicted octanol–water partition coefficient (Wildman–Crippen LogP) is 4.25. The molecule has 1 aromatic rings. The van der Waals surface area contributed by atoms with E-state index in [2.05, 4.69) is 31.8 Å². The minimum atomic E-state index is 0.293. The summed E-state index contributed by atoms with van der Waals surface area (Å²) in [6.07, 6.45) is 0. The summed E-state index contributed by atoms with van der Waals surface area (Å²) in [7, 11) is 0. The Bertz CT molecular complexity index is 454. The van der Waals surface area contributed by atoms with Crippen molar-refractivity contribution in [1.29, 1.82) is 0 Å². The smallest absolute Gasteiger partial charge is 0.123 e. The van der Waals surface area contributed by atoms with E-state index >= 15 is 0 Å². The fourth-order valence-electron chi connectivity index (χ4n) is 2.05. The summed E-state index contributed by atoms with van der Waals surface area (Å²) in [6.45, 7) is 11.5. The van der Waals surface area contributed by atoms with Crippen LogP contribution in [-0.4, -0.2) is 13.2 Å². The van der Waals surface area contributed by atoms with E-state index in [0.29, 0.717) is 25.0 Å². The van der Waals surface area contributed by atoms with Crippen molar-refractivity contribution >= 4 is 0 Å². The Hall–Kier alpha value is -1.62. The summed E-state index contributed by atoms with van der Waals surface area (Å²) in [5.74, 6) is 8.64. The third kappa shape index (κ3) is 4.21. The van der Waals surface area contributed by atoms with Crippen LogP contribution in [-0.2, 0) is 0 Å². The highest BCUT2D eigenvalue weighted by Crippen LogP contribution is 2.34. The summed E-state index contributed by atoms with van der Waals surface area (Å²) in [5.41, 5.74) is 1.17. The SMILES string of the molecule is CC#CC(C)C(C)c1cc(OCC)ccc1OCC. The molecule has 0 amide bonds. The second kappa shape index (κ2) is 7.74. The maximum absolute atomic E-state index is 5.72. The molecule has 2 nitrogen and oxygen atoms in total. The van der Waals surface area contributed by atoms with Gasteiger partial charge in [0, 0.05) is 11.5 Å². The lowest BCUT2D eigenvalue weighted by Gasteiger charge is -2.20. The van der Waals surface area contributed by atoms with E-state index in [0.717, 1.165) is 11.5 Å². The molecule has 104 valence electrons. The molecule has 0 aliphatic rings. The van der Waals surface area contributed by atoms with Crippen LogP contribution in [0.2, 0.25) is 0 Å². The standard InChI is InChI=1S/C17H24O2/c1-6-9-13(4)14(5)16-12-15(18-7-2)10-11-17(16)19-8-3/h10-14H,7-8H2,1-5H3. The van der Waals surface area contributed by atoms with Crippen LogP contribution in [0.1, 0.15) is 46.1 Å². The van der Waals surface area contributed by atoms with Crippen LogP contribution < -0.4 is 9.47 Å². The lowest BCUT2D eigenvalue weighted by Crippen LogP contribution is -2.07. The Labute approximate surface area is 117 Å². The second-order valence-corrected chi connectivity index (χ2v) is 4.54. The Morgan fingerprint density at radius 2 is 1.79 bits per heavy atom. The van der Waals surface area contributed by atoms with Crippen molar-refractivity contribution < 1.29 is 9.47 Å². The quantitative estimate of drug-likeness (QED) is 0.712. The van der Waals surface area contributed by atoms with Gasteiger partial charge in [-0.05, 0) is 44.9 Å². The molecule has 2 unspecified atom stereocenters. The third-order valence-corrected chi connectivity index (χ3v) is 3.20. The van der Waals surface area contributed by atoms with Crippen molar-refractivity contribution in [3.8, 4) is 23.3 Å². The van der Waals surface area contributed by atoms with Crippen molar-refractivity contribution in [2.45, 2.75) is 40.5 Å². The predicted molar refractivity (Wildman–Crippen MR) is 79.8 cm³/mol. The fraction of sp³-hybridized carbons (Fsp3) is 0.529. The van der Waals surface area contributed by atoms with Gasteiger partial charge in [0.05, 0.1) is 13.2 Å². The van der Waals surface area contributed by atoms with Gasteiger partial charge in [-0.25, -0.2) is 0 Å². The van der Waals surface area contributed by atoms with Crippen LogP contribution in [0.15, 0.2) is 18.2 Å². The first kappa shape index (κ1) is 15.4. The van der Waals surface area contributed by atoms with Crippen LogP contribution >= 0.6 is 0 Å². The molecule has 0 radical (unpaired) electrons. The molecule has 0 N–H and O–H groups in total. The summed E-state index contributed by atoms with van der Waals surface area (Å²) in [4.78, 5) is 0. The van der Waals surface area contributed by atoms with Gasteiger partial charge in [0.2, 0.25) is 0 Å². The fourth-order valence-corrected chi connectivity index (χ4v) is 2.05. The molecule has 19 heavy (non-hydrogen) atoms. The van der Waals surface area contributed by atoms with Crippen molar-refractivity contribution in [2.24, 2.45) is 5.92 Å². The number of hydrogen-bond acceptors (Lipinski definition) is 2. The topological polar surface area (TPSA) is 18.5 Å². The monoisotopic (exact) mass is 260 g/mol. The number of hydrogen-bond donors (Lipinski definition) is 0. The van der Waals surface area contributed by atoms with Gasteiger partial charge in [-0.15, -0.1) is 5.92 Å². The highest BCUT2D eigenvalue weighted by Gasteiger charge is 2.17. The molecule has 0 spiro atoms. The molecule has 0 aliphatic heterocycles. The average molecular weight is 260 g/mol. The lowest BCUT2D eigenvalue weighted by atomic mass is 9.88. The molecular formula is C17H24O2. The summed E-state index contributed by atoms with van der Waals surface area (Å²) in [6, 6.07) is 6.03. The van der Waals surface area contributed by atoms with E-state index in [-0.39, 0.29) is 0 Å². The minimum absolute atomic E-state index is 0.293. The zero-order valence-corrected chi connectivity index (χ0v) is 12.6. The van der Waals surface area contributed by atoms with E-state index in [1.807, 2.05) is 32.9 Å². The van der Waals surface area contributed by atoms with E-state index in [1.165, 1.54) is 5.56 Å². The minimum Gasteiger partial charge on any atom is -0.494 e. The molecular weight excluding hydrogens is 236 g/mol. The van der Waals surface area contributed by atoms with Gasteiger partial charge >= 0.3 is 0 Å². The summed E-state index contributed by atoms with van der Waals surface area (Å²) >= 11 is 0. The van der Waals surface area contributed by atoms with Gasteiger partial charge in [-0.3, -0.25) is 0 Å². The number of rotatable bonds is 6. The molecule has 0 saturated carbocycles. The van der Waals surface area contributed by atoms with Crippen LogP contribution in [0.4, 0.5) is 0 Å². The molecule has 1 aromatic carbocycles. The molecule has 0 fully saturated rings. The van der Waals surface area contributed by atoms with Crippen LogP contribution in [0.25, 0.3) is 0 Å². The largest absolute Gasteiger partial charge is 0.494 e. The van der Waals surface area contributed by atoms with Gasteiger partial charge in [0.25, 0.3) is 0 Å². The first-order valence-corrected chi connectivity index (χ1v) is 6.95. The first-order valence-electron chi connectivity index (χ1n) is 6.95. The summed E-state index contributed by atoms with van der Waals surface area (Å²) < 4.78 is 11.3. The molecule has 2 heteroatoms. The lowest BCUT2D eigenvalue weighted by molar-refractivity contribution is 0.324. The van der Waals surface area contributed by atoms with Crippen molar-refractivity contribution in [2.75, 3.05) is 13.2 Å². The highest BCUT2D eigenvalue weighted by atomic mass is 16.5. The normalized spacial score (nSPS) is 13.1. The Balaban J connectivity index is 3.10. The van der Waals surface area contributed by atoms with Crippen LogP contribution in [0.5, 0.6) is 11.5 Å². The Morgan fingerprint density at radius 3 is 2.37 bits per heavy atom. The van der Waals surface area contributed by atoms with E-state index in [1.54, 1.807) is 0 Å².